The quantitative estimate of drug-likeness (QED) is 0.874. The Balaban J connectivity index is 2.15. The van der Waals surface area contributed by atoms with E-state index in [1.54, 1.807) is 11.3 Å². The number of aryl methyl sites for hydroxylation is 2. The average molecular weight is 283 g/mol. The van der Waals surface area contributed by atoms with Crippen LogP contribution in [0.15, 0.2) is 6.20 Å². The van der Waals surface area contributed by atoms with Crippen LogP contribution in [0.25, 0.3) is 0 Å². The van der Waals surface area contributed by atoms with Crippen LogP contribution in [0.2, 0.25) is 5.15 Å². The van der Waals surface area contributed by atoms with Crippen molar-refractivity contribution < 1.29 is 0 Å². The normalized spacial score (nSPS) is 10.7. The third-order valence-corrected chi connectivity index (χ3v) is 3.83. The number of anilines is 1. The number of nitrogens with one attached hydrogen (secondary N) is 1. The highest BCUT2D eigenvalue weighted by Crippen LogP contribution is 2.21. The molecule has 96 valence electrons. The SMILES string of the molecule is CCc1nc(Cl)c(C)c(NCc2cnc(C)s2)n1. The molecule has 0 saturated heterocycles. The number of hydrogen-bond donors (Lipinski definition) is 1. The fourth-order valence-electron chi connectivity index (χ4n) is 1.52. The second kappa shape index (κ2) is 5.63. The molecule has 6 heteroatoms. The molecular formula is C12H15ClN4S. The van der Waals surface area contributed by atoms with Gasteiger partial charge >= 0.3 is 0 Å². The number of rotatable bonds is 4. The molecule has 0 saturated carbocycles. The Bertz CT molecular complexity index is 553. The van der Waals surface area contributed by atoms with Gasteiger partial charge in [-0.05, 0) is 13.8 Å². The summed E-state index contributed by atoms with van der Waals surface area (Å²) < 4.78 is 0. The van der Waals surface area contributed by atoms with E-state index in [0.717, 1.165) is 28.6 Å². The Labute approximate surface area is 115 Å². The molecule has 0 aromatic carbocycles. The molecule has 0 spiro atoms. The van der Waals surface area contributed by atoms with Gasteiger partial charge < -0.3 is 5.32 Å². The zero-order chi connectivity index (χ0) is 13.1. The molecule has 0 aliphatic carbocycles. The molecule has 2 heterocycles. The summed E-state index contributed by atoms with van der Waals surface area (Å²) >= 11 is 7.76. The van der Waals surface area contributed by atoms with Crippen LogP contribution in [-0.2, 0) is 13.0 Å². The smallest absolute Gasteiger partial charge is 0.137 e. The lowest BCUT2D eigenvalue weighted by Gasteiger charge is -2.09. The number of halogens is 1. The first-order valence-electron chi connectivity index (χ1n) is 5.78. The van der Waals surface area contributed by atoms with Gasteiger partial charge in [-0.3, -0.25) is 0 Å². The van der Waals surface area contributed by atoms with E-state index in [2.05, 4.69) is 20.3 Å². The molecule has 0 amide bonds. The van der Waals surface area contributed by atoms with Crippen molar-refractivity contribution in [2.45, 2.75) is 33.7 Å². The third-order valence-electron chi connectivity index (χ3n) is 2.55. The van der Waals surface area contributed by atoms with Crippen LogP contribution in [-0.4, -0.2) is 15.0 Å². The van der Waals surface area contributed by atoms with E-state index in [4.69, 9.17) is 11.6 Å². The molecule has 2 rings (SSSR count). The van der Waals surface area contributed by atoms with Crippen molar-refractivity contribution in [1.29, 1.82) is 0 Å². The molecule has 18 heavy (non-hydrogen) atoms. The van der Waals surface area contributed by atoms with Crippen LogP contribution in [0.4, 0.5) is 5.82 Å². The highest BCUT2D eigenvalue weighted by atomic mass is 35.5. The fourth-order valence-corrected chi connectivity index (χ4v) is 2.44. The lowest BCUT2D eigenvalue weighted by molar-refractivity contribution is 0.924. The summed E-state index contributed by atoms with van der Waals surface area (Å²) in [7, 11) is 0. The van der Waals surface area contributed by atoms with Gasteiger partial charge in [0.15, 0.2) is 0 Å². The van der Waals surface area contributed by atoms with Gasteiger partial charge in [0.1, 0.15) is 16.8 Å². The predicted octanol–water partition coefficient (Wildman–Crippen LogP) is 3.38. The predicted molar refractivity (Wildman–Crippen MR) is 75.3 cm³/mol. The van der Waals surface area contributed by atoms with Gasteiger partial charge in [0.2, 0.25) is 0 Å². The summed E-state index contributed by atoms with van der Waals surface area (Å²) in [5, 5.41) is 4.88. The minimum absolute atomic E-state index is 0.518. The molecule has 0 radical (unpaired) electrons. The second-order valence-corrected chi connectivity index (χ2v) is 5.63. The Hall–Kier alpha value is -1.20. The summed E-state index contributed by atoms with van der Waals surface area (Å²) in [4.78, 5) is 14.1. The molecule has 2 aromatic rings. The lowest BCUT2D eigenvalue weighted by Crippen LogP contribution is -2.06. The van der Waals surface area contributed by atoms with E-state index < -0.39 is 0 Å². The maximum Gasteiger partial charge on any atom is 0.137 e. The van der Waals surface area contributed by atoms with Crippen LogP contribution in [0.1, 0.15) is 28.2 Å². The Morgan fingerprint density at radius 3 is 2.72 bits per heavy atom. The standard InChI is InChI=1S/C12H15ClN4S/c1-4-10-16-11(13)7(2)12(17-10)15-6-9-5-14-8(3)18-9/h5H,4,6H2,1-3H3,(H,15,16,17). The summed E-state index contributed by atoms with van der Waals surface area (Å²) in [5.41, 5.74) is 0.884. The summed E-state index contributed by atoms with van der Waals surface area (Å²) in [6, 6.07) is 0. The van der Waals surface area contributed by atoms with E-state index in [1.165, 1.54) is 4.88 Å². The summed E-state index contributed by atoms with van der Waals surface area (Å²) in [5.74, 6) is 1.56. The highest BCUT2D eigenvalue weighted by Gasteiger charge is 2.08. The summed E-state index contributed by atoms with van der Waals surface area (Å²) in [6.07, 6.45) is 2.65. The molecule has 4 nitrogen and oxygen atoms in total. The fraction of sp³-hybridized carbons (Fsp3) is 0.417. The van der Waals surface area contributed by atoms with Gasteiger partial charge in [-0.1, -0.05) is 18.5 Å². The number of aromatic nitrogens is 3. The van der Waals surface area contributed by atoms with Gasteiger partial charge in [-0.15, -0.1) is 11.3 Å². The third kappa shape index (κ3) is 2.97. The van der Waals surface area contributed by atoms with Crippen molar-refractivity contribution in [3.05, 3.63) is 32.6 Å². The van der Waals surface area contributed by atoms with E-state index in [-0.39, 0.29) is 0 Å². The lowest BCUT2D eigenvalue weighted by atomic mass is 10.3. The topological polar surface area (TPSA) is 50.7 Å². The van der Waals surface area contributed by atoms with Crippen LogP contribution < -0.4 is 5.32 Å². The molecule has 1 N–H and O–H groups in total. The van der Waals surface area contributed by atoms with Crippen LogP contribution >= 0.6 is 22.9 Å². The van der Waals surface area contributed by atoms with E-state index in [1.807, 2.05) is 27.0 Å². The molecule has 0 bridgehead atoms. The highest BCUT2D eigenvalue weighted by molar-refractivity contribution is 7.11. The maximum atomic E-state index is 6.08. The van der Waals surface area contributed by atoms with Gasteiger partial charge in [0.25, 0.3) is 0 Å². The second-order valence-electron chi connectivity index (χ2n) is 3.96. The largest absolute Gasteiger partial charge is 0.365 e. The Morgan fingerprint density at radius 1 is 1.33 bits per heavy atom. The molecule has 0 fully saturated rings. The minimum Gasteiger partial charge on any atom is -0.365 e. The van der Waals surface area contributed by atoms with Gasteiger partial charge in [-0.2, -0.15) is 0 Å². The molecule has 0 aliphatic rings. The first-order chi connectivity index (χ1) is 8.60. The van der Waals surface area contributed by atoms with Crippen LogP contribution in [0, 0.1) is 13.8 Å². The van der Waals surface area contributed by atoms with E-state index in [0.29, 0.717) is 11.7 Å². The van der Waals surface area contributed by atoms with Crippen molar-refractivity contribution in [1.82, 2.24) is 15.0 Å². The summed E-state index contributed by atoms with van der Waals surface area (Å²) in [6.45, 7) is 6.64. The van der Waals surface area contributed by atoms with Crippen LogP contribution in [0.5, 0.6) is 0 Å². The molecule has 0 unspecified atom stereocenters. The Morgan fingerprint density at radius 2 is 2.11 bits per heavy atom. The van der Waals surface area contributed by atoms with Gasteiger partial charge in [0.05, 0.1) is 11.6 Å². The number of nitrogens with zero attached hydrogens (tertiary/aromatic N) is 3. The molecule has 0 aliphatic heterocycles. The first kappa shape index (κ1) is 13.2. The van der Waals surface area contributed by atoms with Crippen molar-refractivity contribution >= 4 is 28.8 Å². The van der Waals surface area contributed by atoms with Gasteiger partial charge in [-0.25, -0.2) is 15.0 Å². The zero-order valence-corrected chi connectivity index (χ0v) is 12.2. The zero-order valence-electron chi connectivity index (χ0n) is 10.6. The van der Waals surface area contributed by atoms with Gasteiger partial charge in [0, 0.05) is 23.1 Å². The van der Waals surface area contributed by atoms with E-state index in [9.17, 15) is 0 Å². The number of hydrogen-bond acceptors (Lipinski definition) is 5. The molecule has 0 atom stereocenters. The molecule has 2 aromatic heterocycles. The van der Waals surface area contributed by atoms with Crippen molar-refractivity contribution in [3.8, 4) is 0 Å². The van der Waals surface area contributed by atoms with Crippen molar-refractivity contribution in [3.63, 3.8) is 0 Å². The van der Waals surface area contributed by atoms with Crippen LogP contribution in [0.3, 0.4) is 0 Å². The monoisotopic (exact) mass is 282 g/mol. The maximum absolute atomic E-state index is 6.08. The number of thiazole rings is 1. The van der Waals surface area contributed by atoms with Crippen molar-refractivity contribution in [2.75, 3.05) is 5.32 Å². The minimum atomic E-state index is 0.518. The Kier molecular flexibility index (Phi) is 4.14. The first-order valence-corrected chi connectivity index (χ1v) is 6.97. The van der Waals surface area contributed by atoms with Crippen molar-refractivity contribution in [2.24, 2.45) is 0 Å². The molecular weight excluding hydrogens is 268 g/mol. The average Bonchev–Trinajstić information content (AvgIpc) is 2.77. The van der Waals surface area contributed by atoms with E-state index >= 15 is 0 Å².